The predicted molar refractivity (Wildman–Crippen MR) is 68.8 cm³/mol. The third-order valence-corrected chi connectivity index (χ3v) is 3.59. The molecule has 18 heavy (non-hydrogen) atoms. The number of benzene rings is 1. The van der Waals surface area contributed by atoms with E-state index in [1.54, 1.807) is 0 Å². The Morgan fingerprint density at radius 2 is 2.00 bits per heavy atom. The molecule has 5 heteroatoms. The molecule has 0 unspecified atom stereocenters. The van der Waals surface area contributed by atoms with E-state index >= 15 is 0 Å². The minimum Gasteiger partial charge on any atom is -0.398 e. The first kappa shape index (κ1) is 12.8. The summed E-state index contributed by atoms with van der Waals surface area (Å²) in [5, 5.41) is 0. The molecule has 4 nitrogen and oxygen atoms in total. The summed E-state index contributed by atoms with van der Waals surface area (Å²) >= 11 is 0. The first-order valence-electron chi connectivity index (χ1n) is 6.06. The van der Waals surface area contributed by atoms with Gasteiger partial charge in [0, 0.05) is 5.69 Å². The number of carbonyl (C=O) groups is 1. The van der Waals surface area contributed by atoms with E-state index in [1.807, 2.05) is 7.05 Å². The van der Waals surface area contributed by atoms with Gasteiger partial charge in [-0.25, -0.2) is 4.39 Å². The van der Waals surface area contributed by atoms with E-state index in [2.05, 4.69) is 4.90 Å². The van der Waals surface area contributed by atoms with Crippen LogP contribution in [0.5, 0.6) is 0 Å². The molecule has 0 aliphatic carbocycles. The molecule has 1 heterocycles. The van der Waals surface area contributed by atoms with Gasteiger partial charge < -0.3 is 16.4 Å². The highest BCUT2D eigenvalue weighted by atomic mass is 19.1. The van der Waals surface area contributed by atoms with E-state index < -0.39 is 5.91 Å². The quantitative estimate of drug-likeness (QED) is 0.778. The lowest BCUT2D eigenvalue weighted by Gasteiger charge is -2.29. The number of nitrogens with zero attached hydrogens (tertiary/aromatic N) is 1. The number of halogens is 1. The van der Waals surface area contributed by atoms with Gasteiger partial charge in [0.05, 0.1) is 5.56 Å². The maximum Gasteiger partial charge on any atom is 0.250 e. The number of carbonyl (C=O) groups excluding carboxylic acids is 1. The number of hydrogen-bond donors (Lipinski definition) is 2. The molecule has 0 atom stereocenters. The maximum absolute atomic E-state index is 13.9. The molecule has 1 aliphatic heterocycles. The lowest BCUT2D eigenvalue weighted by atomic mass is 9.88. The van der Waals surface area contributed by atoms with Crippen molar-refractivity contribution in [1.29, 1.82) is 0 Å². The zero-order valence-corrected chi connectivity index (χ0v) is 10.4. The molecule has 0 saturated carbocycles. The Balaban J connectivity index is 2.32. The fraction of sp³-hybridized carbons (Fsp3) is 0.462. The molecule has 0 aromatic heterocycles. The summed E-state index contributed by atoms with van der Waals surface area (Å²) in [5.74, 6) is -0.811. The Hall–Kier alpha value is -1.62. The summed E-state index contributed by atoms with van der Waals surface area (Å²) in [5.41, 5.74) is 11.7. The van der Waals surface area contributed by atoms with Crippen LogP contribution in [0.3, 0.4) is 0 Å². The number of nitrogen functional groups attached to an aromatic ring is 1. The fourth-order valence-electron chi connectivity index (χ4n) is 2.45. The number of likely N-dealkylation sites (tertiary alicyclic amines) is 1. The number of piperidine rings is 1. The van der Waals surface area contributed by atoms with Crippen LogP contribution in [-0.2, 0) is 0 Å². The van der Waals surface area contributed by atoms with Crippen LogP contribution < -0.4 is 11.5 Å². The Morgan fingerprint density at radius 3 is 2.56 bits per heavy atom. The van der Waals surface area contributed by atoms with Crippen molar-refractivity contribution in [3.8, 4) is 0 Å². The minimum atomic E-state index is -0.610. The second kappa shape index (κ2) is 4.94. The van der Waals surface area contributed by atoms with Gasteiger partial charge in [0.25, 0.3) is 5.91 Å². The fourth-order valence-corrected chi connectivity index (χ4v) is 2.45. The van der Waals surface area contributed by atoms with Crippen LogP contribution in [0.15, 0.2) is 12.1 Å². The third kappa shape index (κ3) is 2.46. The van der Waals surface area contributed by atoms with Gasteiger partial charge in [-0.15, -0.1) is 0 Å². The van der Waals surface area contributed by atoms with Crippen molar-refractivity contribution >= 4 is 11.6 Å². The van der Waals surface area contributed by atoms with Crippen LogP contribution in [0.25, 0.3) is 0 Å². The first-order valence-corrected chi connectivity index (χ1v) is 6.06. The first-order chi connectivity index (χ1) is 8.49. The topological polar surface area (TPSA) is 72.3 Å². The van der Waals surface area contributed by atoms with Crippen molar-refractivity contribution in [3.05, 3.63) is 29.1 Å². The molecule has 0 radical (unpaired) electrons. The molecular weight excluding hydrogens is 233 g/mol. The molecule has 98 valence electrons. The van der Waals surface area contributed by atoms with E-state index in [1.165, 1.54) is 12.1 Å². The average molecular weight is 251 g/mol. The molecule has 0 bridgehead atoms. The van der Waals surface area contributed by atoms with Gasteiger partial charge in [-0.05, 0) is 56.6 Å². The lowest BCUT2D eigenvalue weighted by molar-refractivity contribution is 0.100. The minimum absolute atomic E-state index is 0.108. The van der Waals surface area contributed by atoms with Crippen LogP contribution in [0.1, 0.15) is 34.7 Å². The molecule has 0 spiro atoms. The van der Waals surface area contributed by atoms with E-state index in [-0.39, 0.29) is 23.0 Å². The summed E-state index contributed by atoms with van der Waals surface area (Å²) < 4.78 is 13.9. The highest BCUT2D eigenvalue weighted by Crippen LogP contribution is 2.31. The van der Waals surface area contributed by atoms with Crippen molar-refractivity contribution in [2.75, 3.05) is 25.9 Å². The average Bonchev–Trinajstić information content (AvgIpc) is 2.30. The molecule has 1 amide bonds. The highest BCUT2D eigenvalue weighted by molar-refractivity contribution is 5.98. The van der Waals surface area contributed by atoms with Crippen LogP contribution in [0.4, 0.5) is 10.1 Å². The largest absolute Gasteiger partial charge is 0.398 e. The Morgan fingerprint density at radius 1 is 1.39 bits per heavy atom. The lowest BCUT2D eigenvalue weighted by Crippen LogP contribution is -2.29. The summed E-state index contributed by atoms with van der Waals surface area (Å²) in [7, 11) is 2.05. The molecule has 1 fully saturated rings. The third-order valence-electron chi connectivity index (χ3n) is 3.59. The molecule has 1 saturated heterocycles. The number of nitrogens with two attached hydrogens (primary N) is 2. The Kier molecular flexibility index (Phi) is 3.52. The second-order valence-corrected chi connectivity index (χ2v) is 4.90. The van der Waals surface area contributed by atoms with Gasteiger partial charge in [-0.2, -0.15) is 0 Å². The maximum atomic E-state index is 13.9. The molecule has 1 aromatic carbocycles. The van der Waals surface area contributed by atoms with E-state index in [0.29, 0.717) is 5.56 Å². The summed E-state index contributed by atoms with van der Waals surface area (Å²) in [4.78, 5) is 13.4. The zero-order chi connectivity index (χ0) is 13.3. The number of amides is 1. The molecule has 1 aliphatic rings. The van der Waals surface area contributed by atoms with Crippen LogP contribution in [-0.4, -0.2) is 30.9 Å². The van der Waals surface area contributed by atoms with E-state index in [9.17, 15) is 9.18 Å². The Labute approximate surface area is 106 Å². The van der Waals surface area contributed by atoms with Crippen molar-refractivity contribution in [2.45, 2.75) is 18.8 Å². The van der Waals surface area contributed by atoms with Gasteiger partial charge >= 0.3 is 0 Å². The van der Waals surface area contributed by atoms with Gasteiger partial charge in [0.2, 0.25) is 0 Å². The summed E-state index contributed by atoms with van der Waals surface area (Å²) in [6, 6.07) is 2.72. The van der Waals surface area contributed by atoms with Crippen molar-refractivity contribution in [1.82, 2.24) is 4.90 Å². The van der Waals surface area contributed by atoms with Crippen LogP contribution in [0.2, 0.25) is 0 Å². The SMILES string of the molecule is CN1CCC(c2cc(C(N)=O)c(N)cc2F)CC1. The number of hydrogen-bond acceptors (Lipinski definition) is 3. The van der Waals surface area contributed by atoms with E-state index in [0.717, 1.165) is 25.9 Å². The second-order valence-electron chi connectivity index (χ2n) is 4.90. The van der Waals surface area contributed by atoms with E-state index in [4.69, 9.17) is 11.5 Å². The van der Waals surface area contributed by atoms with Crippen LogP contribution >= 0.6 is 0 Å². The monoisotopic (exact) mass is 251 g/mol. The van der Waals surface area contributed by atoms with Gasteiger partial charge in [0.15, 0.2) is 0 Å². The zero-order valence-electron chi connectivity index (χ0n) is 10.4. The predicted octanol–water partition coefficient (Wildman–Crippen LogP) is 1.32. The highest BCUT2D eigenvalue weighted by Gasteiger charge is 2.23. The Bertz CT molecular complexity index is 468. The van der Waals surface area contributed by atoms with Crippen LogP contribution in [0, 0.1) is 5.82 Å². The van der Waals surface area contributed by atoms with Gasteiger partial charge in [-0.1, -0.05) is 0 Å². The van der Waals surface area contributed by atoms with Gasteiger partial charge in [0.1, 0.15) is 5.82 Å². The number of rotatable bonds is 2. The summed E-state index contributed by atoms with van der Waals surface area (Å²) in [6.07, 6.45) is 1.77. The van der Waals surface area contributed by atoms with Crippen molar-refractivity contribution in [3.63, 3.8) is 0 Å². The smallest absolute Gasteiger partial charge is 0.250 e. The molecular formula is C13H18FN3O. The van der Waals surface area contributed by atoms with Crippen molar-refractivity contribution in [2.24, 2.45) is 5.73 Å². The number of primary amides is 1. The van der Waals surface area contributed by atoms with Crippen molar-refractivity contribution < 1.29 is 9.18 Å². The standard InChI is InChI=1S/C13H18FN3O/c1-17-4-2-8(3-5-17)9-6-10(13(16)18)12(15)7-11(9)14/h6-8H,2-5,15H2,1H3,(H2,16,18). The number of anilines is 1. The molecule has 1 aromatic rings. The molecule has 2 rings (SSSR count). The molecule has 4 N–H and O–H groups in total. The normalized spacial score (nSPS) is 17.9. The van der Waals surface area contributed by atoms with Gasteiger partial charge in [-0.3, -0.25) is 4.79 Å². The summed E-state index contributed by atoms with van der Waals surface area (Å²) in [6.45, 7) is 1.86.